The van der Waals surface area contributed by atoms with Crippen LogP contribution >= 0.6 is 11.6 Å². The maximum atomic E-state index is 12.3. The Morgan fingerprint density at radius 2 is 2.11 bits per heavy atom. The van der Waals surface area contributed by atoms with Crippen LogP contribution < -0.4 is 5.32 Å². The van der Waals surface area contributed by atoms with E-state index in [-0.39, 0.29) is 18.2 Å². The second-order valence-electron chi connectivity index (χ2n) is 7.57. The van der Waals surface area contributed by atoms with Crippen molar-refractivity contribution in [3.05, 3.63) is 23.6 Å². The number of fused-ring (bicyclic) bond motifs is 1. The fourth-order valence-electron chi connectivity index (χ4n) is 2.95. The van der Waals surface area contributed by atoms with Gasteiger partial charge in [-0.3, -0.25) is 9.78 Å². The zero-order valence-electron chi connectivity index (χ0n) is 15.5. The summed E-state index contributed by atoms with van der Waals surface area (Å²) in [7, 11) is 0. The molecule has 27 heavy (non-hydrogen) atoms. The normalized spacial score (nSPS) is 17.9. The summed E-state index contributed by atoms with van der Waals surface area (Å²) in [6, 6.07) is 1.64. The Labute approximate surface area is 162 Å². The number of aromatic nitrogens is 3. The van der Waals surface area contributed by atoms with Gasteiger partial charge in [0.05, 0.1) is 12.1 Å². The first-order valence-corrected chi connectivity index (χ1v) is 9.10. The molecule has 1 fully saturated rings. The third-order valence-electron chi connectivity index (χ3n) is 4.00. The number of hydrogen-bond donors (Lipinski definition) is 1. The van der Waals surface area contributed by atoms with E-state index in [0.717, 1.165) is 0 Å². The van der Waals surface area contributed by atoms with Gasteiger partial charge >= 0.3 is 6.09 Å². The molecule has 144 valence electrons. The lowest BCUT2D eigenvalue weighted by Crippen LogP contribution is -2.47. The molecule has 8 nitrogen and oxygen atoms in total. The first kappa shape index (κ1) is 19.3. The molecule has 0 unspecified atom stereocenters. The molecule has 3 heterocycles. The van der Waals surface area contributed by atoms with Crippen molar-refractivity contribution < 1.29 is 14.3 Å². The largest absolute Gasteiger partial charge is 0.444 e. The Hall–Kier alpha value is -2.48. The van der Waals surface area contributed by atoms with Crippen molar-refractivity contribution >= 4 is 40.3 Å². The predicted molar refractivity (Wildman–Crippen MR) is 102 cm³/mol. The number of piperidine rings is 1. The highest BCUT2D eigenvalue weighted by atomic mass is 35.5. The molecule has 1 atom stereocenters. The van der Waals surface area contributed by atoms with Crippen molar-refractivity contribution in [1.82, 2.24) is 19.9 Å². The molecule has 0 spiro atoms. The number of nitrogens with one attached hydrogen (secondary N) is 1. The molecule has 1 N–H and O–H groups in total. The number of anilines is 1. The van der Waals surface area contributed by atoms with Crippen LogP contribution in [0.25, 0.3) is 11.0 Å². The standard InChI is InChI=1S/C18H22ClN5O3/c1-18(2,3)27-17(26)24-9-11(6-12(25)10-24)8-22-16-15-13(7-14(19)23-16)20-4-5-21-15/h4-5,7,11H,6,8-10H2,1-3H3,(H,22,23)/t11-/m1/s1. The first-order chi connectivity index (χ1) is 12.7. The number of rotatable bonds is 3. The molecule has 1 amide bonds. The van der Waals surface area contributed by atoms with E-state index in [4.69, 9.17) is 16.3 Å². The summed E-state index contributed by atoms with van der Waals surface area (Å²) >= 11 is 6.05. The fourth-order valence-corrected chi connectivity index (χ4v) is 3.14. The van der Waals surface area contributed by atoms with E-state index < -0.39 is 11.7 Å². The second kappa shape index (κ2) is 7.64. The van der Waals surface area contributed by atoms with Crippen LogP contribution in [-0.2, 0) is 9.53 Å². The maximum absolute atomic E-state index is 12.3. The van der Waals surface area contributed by atoms with E-state index in [1.165, 1.54) is 4.90 Å². The van der Waals surface area contributed by atoms with Gasteiger partial charge in [-0.1, -0.05) is 11.6 Å². The summed E-state index contributed by atoms with van der Waals surface area (Å²) in [6.07, 6.45) is 3.08. The van der Waals surface area contributed by atoms with Gasteiger partial charge in [0.15, 0.2) is 11.6 Å². The third kappa shape index (κ3) is 5.03. The van der Waals surface area contributed by atoms with E-state index >= 15 is 0 Å². The van der Waals surface area contributed by atoms with Gasteiger partial charge in [0.25, 0.3) is 0 Å². The summed E-state index contributed by atoms with van der Waals surface area (Å²) < 4.78 is 5.38. The molecule has 0 radical (unpaired) electrons. The zero-order valence-corrected chi connectivity index (χ0v) is 16.3. The van der Waals surface area contributed by atoms with Crippen molar-refractivity contribution in [3.8, 4) is 0 Å². The quantitative estimate of drug-likeness (QED) is 0.803. The summed E-state index contributed by atoms with van der Waals surface area (Å²) in [5.41, 5.74) is 0.635. The smallest absolute Gasteiger partial charge is 0.410 e. The highest BCUT2D eigenvalue weighted by Crippen LogP contribution is 2.23. The van der Waals surface area contributed by atoms with Gasteiger partial charge in [-0.15, -0.1) is 0 Å². The minimum absolute atomic E-state index is 0.00242. The van der Waals surface area contributed by atoms with Crippen LogP contribution in [0.3, 0.4) is 0 Å². The highest BCUT2D eigenvalue weighted by Gasteiger charge is 2.31. The van der Waals surface area contributed by atoms with E-state index in [2.05, 4.69) is 20.3 Å². The molecule has 0 aliphatic carbocycles. The van der Waals surface area contributed by atoms with Gasteiger partial charge in [0.2, 0.25) is 0 Å². The molecular formula is C18H22ClN5O3. The number of Topliss-reactive ketones (excluding diaryl/α,β-unsaturated/α-hetero) is 1. The lowest BCUT2D eigenvalue weighted by Gasteiger charge is -2.33. The van der Waals surface area contributed by atoms with Gasteiger partial charge in [-0.25, -0.2) is 14.8 Å². The second-order valence-corrected chi connectivity index (χ2v) is 7.96. The molecule has 0 aromatic carbocycles. The predicted octanol–water partition coefficient (Wildman–Crippen LogP) is 2.92. The molecule has 3 rings (SSSR count). The number of amides is 1. The molecule has 2 aromatic rings. The van der Waals surface area contributed by atoms with Crippen LogP contribution in [-0.4, -0.2) is 57.0 Å². The van der Waals surface area contributed by atoms with E-state index in [1.54, 1.807) is 39.2 Å². The first-order valence-electron chi connectivity index (χ1n) is 8.72. The third-order valence-corrected chi connectivity index (χ3v) is 4.19. The van der Waals surface area contributed by atoms with Gasteiger partial charge in [-0.05, 0) is 20.8 Å². The number of hydrogen-bond acceptors (Lipinski definition) is 7. The minimum Gasteiger partial charge on any atom is -0.444 e. The van der Waals surface area contributed by atoms with E-state index in [0.29, 0.717) is 41.5 Å². The van der Waals surface area contributed by atoms with Gasteiger partial charge < -0.3 is 15.0 Å². The molecule has 9 heteroatoms. The number of halogens is 1. The highest BCUT2D eigenvalue weighted by molar-refractivity contribution is 6.30. The van der Waals surface area contributed by atoms with E-state index in [9.17, 15) is 9.59 Å². The van der Waals surface area contributed by atoms with Crippen LogP contribution in [0.1, 0.15) is 27.2 Å². The van der Waals surface area contributed by atoms with Crippen molar-refractivity contribution in [2.45, 2.75) is 32.8 Å². The number of ether oxygens (including phenoxy) is 1. The molecule has 0 saturated carbocycles. The lowest BCUT2D eigenvalue weighted by molar-refractivity contribution is -0.123. The summed E-state index contributed by atoms with van der Waals surface area (Å²) in [4.78, 5) is 38.6. The molecule has 1 aliphatic heterocycles. The summed E-state index contributed by atoms with van der Waals surface area (Å²) in [6.45, 7) is 6.35. The van der Waals surface area contributed by atoms with Gasteiger partial charge in [0.1, 0.15) is 16.3 Å². The molecule has 2 aromatic heterocycles. The van der Waals surface area contributed by atoms with Gasteiger partial charge in [0, 0.05) is 43.9 Å². The topological polar surface area (TPSA) is 97.3 Å². The number of pyridine rings is 1. The summed E-state index contributed by atoms with van der Waals surface area (Å²) in [5, 5.41) is 3.50. The Morgan fingerprint density at radius 1 is 1.37 bits per heavy atom. The molecular weight excluding hydrogens is 370 g/mol. The average molecular weight is 392 g/mol. The lowest BCUT2D eigenvalue weighted by atomic mass is 9.97. The Morgan fingerprint density at radius 3 is 2.85 bits per heavy atom. The maximum Gasteiger partial charge on any atom is 0.410 e. The van der Waals surface area contributed by atoms with Crippen molar-refractivity contribution in [3.63, 3.8) is 0 Å². The number of nitrogens with zero attached hydrogens (tertiary/aromatic N) is 4. The Bertz CT molecular complexity index is 868. The van der Waals surface area contributed by atoms with Crippen LogP contribution in [0.15, 0.2) is 18.5 Å². The number of carbonyl (C=O) groups excluding carboxylic acids is 2. The Kier molecular flexibility index (Phi) is 5.46. The van der Waals surface area contributed by atoms with Gasteiger partial charge in [-0.2, -0.15) is 0 Å². The van der Waals surface area contributed by atoms with Crippen LogP contribution in [0.2, 0.25) is 5.15 Å². The van der Waals surface area contributed by atoms with Crippen molar-refractivity contribution in [2.24, 2.45) is 5.92 Å². The fraction of sp³-hybridized carbons (Fsp3) is 0.500. The van der Waals surface area contributed by atoms with Crippen molar-refractivity contribution in [1.29, 1.82) is 0 Å². The van der Waals surface area contributed by atoms with E-state index in [1.807, 2.05) is 0 Å². The SMILES string of the molecule is CC(C)(C)OC(=O)N1CC(=O)C[C@H](CNc2nc(Cl)cc3nccnc23)C1. The number of ketones is 1. The minimum atomic E-state index is -0.604. The molecule has 1 aliphatic rings. The molecule has 0 bridgehead atoms. The summed E-state index contributed by atoms with van der Waals surface area (Å²) in [5.74, 6) is 0.446. The zero-order chi connectivity index (χ0) is 19.6. The van der Waals surface area contributed by atoms with Crippen LogP contribution in [0.5, 0.6) is 0 Å². The van der Waals surface area contributed by atoms with Crippen molar-refractivity contribution in [2.75, 3.05) is 25.0 Å². The monoisotopic (exact) mass is 391 g/mol. The molecule has 1 saturated heterocycles. The average Bonchev–Trinajstić information content (AvgIpc) is 2.57. The number of carbonyl (C=O) groups is 2. The Balaban J connectivity index is 1.69. The van der Waals surface area contributed by atoms with Crippen LogP contribution in [0.4, 0.5) is 10.6 Å². The number of likely N-dealkylation sites (tertiary alicyclic amines) is 1. The van der Waals surface area contributed by atoms with Crippen LogP contribution in [0, 0.1) is 5.92 Å².